The molecular weight excluding hydrogens is 264 g/mol. The molecule has 1 unspecified atom stereocenters. The van der Waals surface area contributed by atoms with Crippen molar-refractivity contribution in [2.45, 2.75) is 32.9 Å². The highest BCUT2D eigenvalue weighted by atomic mass is 32.1. The average molecular weight is 288 g/mol. The molecule has 0 aliphatic carbocycles. The van der Waals surface area contributed by atoms with Crippen molar-refractivity contribution >= 4 is 11.3 Å². The van der Waals surface area contributed by atoms with E-state index in [1.807, 2.05) is 11.3 Å². The quantitative estimate of drug-likeness (QED) is 0.874. The molecule has 1 aromatic heterocycles. The van der Waals surface area contributed by atoms with Gasteiger partial charge in [0, 0.05) is 24.0 Å². The summed E-state index contributed by atoms with van der Waals surface area (Å²) in [7, 11) is 2.16. The Labute approximate surface area is 126 Å². The fraction of sp³-hybridized carbons (Fsp3) is 0.412. The maximum atomic E-state index is 6.33. The zero-order valence-corrected chi connectivity index (χ0v) is 13.4. The molecular formula is C17H24N2S. The van der Waals surface area contributed by atoms with Gasteiger partial charge in [0.15, 0.2) is 0 Å². The van der Waals surface area contributed by atoms with Crippen molar-refractivity contribution in [1.29, 1.82) is 0 Å². The van der Waals surface area contributed by atoms with E-state index in [9.17, 15) is 0 Å². The molecule has 1 aromatic carbocycles. The van der Waals surface area contributed by atoms with E-state index in [-0.39, 0.29) is 6.04 Å². The van der Waals surface area contributed by atoms with E-state index in [1.165, 1.54) is 21.6 Å². The molecule has 0 aliphatic rings. The molecule has 1 heterocycles. The largest absolute Gasteiger partial charge is 0.324 e. The van der Waals surface area contributed by atoms with Crippen molar-refractivity contribution in [2.75, 3.05) is 13.6 Å². The zero-order valence-electron chi connectivity index (χ0n) is 12.6. The predicted molar refractivity (Wildman–Crippen MR) is 88.1 cm³/mol. The molecule has 2 rings (SSSR count). The van der Waals surface area contributed by atoms with Gasteiger partial charge in [-0.1, -0.05) is 35.4 Å². The van der Waals surface area contributed by atoms with Crippen LogP contribution in [0.2, 0.25) is 0 Å². The average Bonchev–Trinajstić information content (AvgIpc) is 2.87. The molecule has 2 nitrogen and oxygen atoms in total. The van der Waals surface area contributed by atoms with E-state index in [1.54, 1.807) is 0 Å². The first-order valence-corrected chi connectivity index (χ1v) is 7.97. The predicted octanol–water partition coefficient (Wildman–Crippen LogP) is 3.89. The summed E-state index contributed by atoms with van der Waals surface area (Å²) in [6.07, 6.45) is 0.991. The molecule has 0 radical (unpaired) electrons. The number of aryl methyl sites for hydroxylation is 2. The molecule has 0 saturated heterocycles. The molecule has 2 aromatic rings. The van der Waals surface area contributed by atoms with Crippen LogP contribution < -0.4 is 5.73 Å². The maximum Gasteiger partial charge on any atom is 0.0324 e. The first kappa shape index (κ1) is 15.2. The molecule has 0 aliphatic heterocycles. The smallest absolute Gasteiger partial charge is 0.0324 e. The third-order valence-electron chi connectivity index (χ3n) is 3.50. The minimum atomic E-state index is 0.124. The van der Waals surface area contributed by atoms with Gasteiger partial charge < -0.3 is 10.6 Å². The Bertz CT molecular complexity index is 514. The van der Waals surface area contributed by atoms with E-state index < -0.39 is 0 Å². The second-order valence-corrected chi connectivity index (χ2v) is 6.67. The van der Waals surface area contributed by atoms with Crippen molar-refractivity contribution < 1.29 is 0 Å². The second kappa shape index (κ2) is 7.02. The van der Waals surface area contributed by atoms with Gasteiger partial charge in [0.1, 0.15) is 0 Å². The Morgan fingerprint density at radius 2 is 1.90 bits per heavy atom. The van der Waals surface area contributed by atoms with Crippen LogP contribution in [-0.4, -0.2) is 18.5 Å². The number of rotatable bonds is 6. The summed E-state index contributed by atoms with van der Waals surface area (Å²) in [6.45, 7) is 6.29. The lowest BCUT2D eigenvalue weighted by molar-refractivity contribution is 0.314. The zero-order chi connectivity index (χ0) is 14.5. The molecule has 0 spiro atoms. The van der Waals surface area contributed by atoms with Crippen molar-refractivity contribution in [1.82, 2.24) is 4.90 Å². The van der Waals surface area contributed by atoms with Crippen molar-refractivity contribution in [3.8, 4) is 0 Å². The van der Waals surface area contributed by atoms with E-state index in [0.29, 0.717) is 0 Å². The van der Waals surface area contributed by atoms with Crippen LogP contribution >= 0.6 is 11.3 Å². The number of nitrogens with two attached hydrogens (primary N) is 1. The van der Waals surface area contributed by atoms with E-state index in [0.717, 1.165) is 19.5 Å². The minimum Gasteiger partial charge on any atom is -0.324 e. The Balaban J connectivity index is 1.86. The van der Waals surface area contributed by atoms with Crippen LogP contribution in [-0.2, 0) is 6.54 Å². The topological polar surface area (TPSA) is 29.3 Å². The Hall–Kier alpha value is -1.16. The molecule has 2 N–H and O–H groups in total. The van der Waals surface area contributed by atoms with Crippen molar-refractivity contribution in [3.05, 3.63) is 57.3 Å². The fourth-order valence-electron chi connectivity index (χ4n) is 2.50. The summed E-state index contributed by atoms with van der Waals surface area (Å²) < 4.78 is 0. The molecule has 0 fully saturated rings. The highest BCUT2D eigenvalue weighted by molar-refractivity contribution is 7.09. The second-order valence-electron chi connectivity index (χ2n) is 5.63. The third kappa shape index (κ3) is 4.44. The highest BCUT2D eigenvalue weighted by Gasteiger charge is 2.09. The number of thiophene rings is 1. The van der Waals surface area contributed by atoms with Crippen LogP contribution in [0.3, 0.4) is 0 Å². The number of benzene rings is 1. The summed E-state index contributed by atoms with van der Waals surface area (Å²) in [6, 6.07) is 11.0. The number of nitrogens with zero attached hydrogens (tertiary/aromatic N) is 1. The van der Waals surface area contributed by atoms with E-state index >= 15 is 0 Å². The molecule has 3 heteroatoms. The van der Waals surface area contributed by atoms with Gasteiger partial charge in [0.05, 0.1) is 0 Å². The van der Waals surface area contributed by atoms with Gasteiger partial charge in [-0.2, -0.15) is 0 Å². The Morgan fingerprint density at radius 1 is 1.20 bits per heavy atom. The van der Waals surface area contributed by atoms with E-state index in [4.69, 9.17) is 5.73 Å². The number of hydrogen-bond donors (Lipinski definition) is 1. The monoisotopic (exact) mass is 288 g/mol. The Kier molecular flexibility index (Phi) is 5.35. The van der Waals surface area contributed by atoms with Crippen LogP contribution in [0.5, 0.6) is 0 Å². The number of hydrogen-bond acceptors (Lipinski definition) is 3. The van der Waals surface area contributed by atoms with Gasteiger partial charge >= 0.3 is 0 Å². The van der Waals surface area contributed by atoms with Gasteiger partial charge in [0.25, 0.3) is 0 Å². The van der Waals surface area contributed by atoms with Gasteiger partial charge in [-0.3, -0.25) is 0 Å². The van der Waals surface area contributed by atoms with E-state index in [2.05, 4.69) is 61.5 Å². The molecule has 20 heavy (non-hydrogen) atoms. The maximum absolute atomic E-state index is 6.33. The minimum absolute atomic E-state index is 0.124. The van der Waals surface area contributed by atoms with Crippen LogP contribution in [0.25, 0.3) is 0 Å². The normalized spacial score (nSPS) is 12.8. The molecule has 0 amide bonds. The molecule has 1 atom stereocenters. The van der Waals surface area contributed by atoms with Gasteiger partial charge in [-0.15, -0.1) is 11.3 Å². The van der Waals surface area contributed by atoms with Crippen LogP contribution in [0.15, 0.2) is 35.7 Å². The standard InChI is InChI=1S/C17H24N2S/c1-13-9-14(2)11-15(10-13)17(18)6-7-19(3)12-16-5-4-8-20-16/h4-5,8-11,17H,6-7,12,18H2,1-3H3. The van der Waals surface area contributed by atoms with Crippen LogP contribution in [0, 0.1) is 13.8 Å². The van der Waals surface area contributed by atoms with Gasteiger partial charge in [0.2, 0.25) is 0 Å². The SMILES string of the molecule is Cc1cc(C)cc(C(N)CCN(C)Cc2cccs2)c1. The molecule has 0 bridgehead atoms. The summed E-state index contributed by atoms with van der Waals surface area (Å²) in [4.78, 5) is 3.75. The third-order valence-corrected chi connectivity index (χ3v) is 4.36. The molecule has 108 valence electrons. The van der Waals surface area contributed by atoms with Crippen LogP contribution in [0.1, 0.15) is 34.0 Å². The summed E-state index contributed by atoms with van der Waals surface area (Å²) in [5.74, 6) is 0. The summed E-state index contributed by atoms with van der Waals surface area (Å²) in [5, 5.41) is 2.13. The van der Waals surface area contributed by atoms with Crippen molar-refractivity contribution in [3.63, 3.8) is 0 Å². The Morgan fingerprint density at radius 3 is 2.50 bits per heavy atom. The van der Waals surface area contributed by atoms with Crippen molar-refractivity contribution in [2.24, 2.45) is 5.73 Å². The lowest BCUT2D eigenvalue weighted by atomic mass is 10.00. The van der Waals surface area contributed by atoms with Gasteiger partial charge in [-0.25, -0.2) is 0 Å². The molecule has 0 saturated carbocycles. The summed E-state index contributed by atoms with van der Waals surface area (Å²) >= 11 is 1.81. The first-order chi connectivity index (χ1) is 9.54. The lowest BCUT2D eigenvalue weighted by Gasteiger charge is -2.19. The first-order valence-electron chi connectivity index (χ1n) is 7.09. The van der Waals surface area contributed by atoms with Gasteiger partial charge in [-0.05, 0) is 44.3 Å². The lowest BCUT2D eigenvalue weighted by Crippen LogP contribution is -2.23. The fourth-order valence-corrected chi connectivity index (χ4v) is 3.28. The van der Waals surface area contributed by atoms with Crippen LogP contribution in [0.4, 0.5) is 0 Å². The summed E-state index contributed by atoms with van der Waals surface area (Å²) in [5.41, 5.74) is 10.2. The highest BCUT2D eigenvalue weighted by Crippen LogP contribution is 2.19.